The molecule has 1 aliphatic carbocycles. The second-order valence-corrected chi connectivity index (χ2v) is 9.87. The van der Waals surface area contributed by atoms with Crippen LogP contribution < -0.4 is 10.9 Å². The van der Waals surface area contributed by atoms with Gasteiger partial charge in [-0.3, -0.25) is 19.4 Å². The number of alkyl halides is 3. The number of nitrogens with one attached hydrogen (secondary N) is 2. The number of hydrogen-bond donors (Lipinski definition) is 2. The maximum Gasteiger partial charge on any atom is 0.270 e. The minimum Gasteiger partial charge on any atom is -0.342 e. The van der Waals surface area contributed by atoms with E-state index in [-0.39, 0.29) is 29.9 Å². The van der Waals surface area contributed by atoms with Gasteiger partial charge in [0.05, 0.1) is 24.7 Å². The third-order valence-corrected chi connectivity index (χ3v) is 7.12. The molecule has 1 saturated heterocycles. The Kier molecular flexibility index (Phi) is 7.19. The van der Waals surface area contributed by atoms with Crippen molar-refractivity contribution in [1.82, 2.24) is 25.2 Å². The van der Waals surface area contributed by atoms with Crippen molar-refractivity contribution in [1.29, 1.82) is 0 Å². The molecule has 2 amide bonds. The van der Waals surface area contributed by atoms with Crippen LogP contribution in [0.5, 0.6) is 0 Å². The molecule has 5 rings (SSSR count). The van der Waals surface area contributed by atoms with Gasteiger partial charge in [-0.1, -0.05) is 36.4 Å². The van der Waals surface area contributed by atoms with Gasteiger partial charge in [-0.25, -0.2) is 18.2 Å². The molecule has 3 heterocycles. The third kappa shape index (κ3) is 5.69. The first kappa shape index (κ1) is 26.5. The molecule has 0 spiro atoms. The molecule has 0 bridgehead atoms. The van der Waals surface area contributed by atoms with Gasteiger partial charge >= 0.3 is 0 Å². The lowest BCUT2D eigenvalue weighted by atomic mass is 9.77. The molecule has 204 valence electrons. The fourth-order valence-electron chi connectivity index (χ4n) is 5.08. The van der Waals surface area contributed by atoms with Crippen LogP contribution in [-0.4, -0.2) is 56.3 Å². The summed E-state index contributed by atoms with van der Waals surface area (Å²) in [6.07, 6.45) is -0.410. The Labute approximate surface area is 220 Å². The second-order valence-electron chi connectivity index (χ2n) is 9.87. The number of pyridine rings is 1. The van der Waals surface area contributed by atoms with Gasteiger partial charge < -0.3 is 15.2 Å². The van der Waals surface area contributed by atoms with E-state index in [1.54, 1.807) is 30.3 Å². The summed E-state index contributed by atoms with van der Waals surface area (Å²) < 4.78 is 56.0. The van der Waals surface area contributed by atoms with Gasteiger partial charge in [-0.2, -0.15) is 4.39 Å². The number of H-pyrrole nitrogens is 1. The van der Waals surface area contributed by atoms with Crippen LogP contribution in [0.3, 0.4) is 0 Å². The Morgan fingerprint density at radius 1 is 1.15 bits per heavy atom. The Morgan fingerprint density at radius 3 is 2.56 bits per heavy atom. The summed E-state index contributed by atoms with van der Waals surface area (Å²) in [5.74, 6) is -5.68. The molecule has 3 aromatic rings. The Balaban J connectivity index is 1.38. The predicted molar refractivity (Wildman–Crippen MR) is 131 cm³/mol. The lowest BCUT2D eigenvalue weighted by molar-refractivity contribution is -0.138. The van der Waals surface area contributed by atoms with Crippen LogP contribution in [0.25, 0.3) is 0 Å². The first-order valence-corrected chi connectivity index (χ1v) is 12.5. The highest BCUT2D eigenvalue weighted by molar-refractivity contribution is 5.89. The molecule has 1 aromatic carbocycles. The minimum absolute atomic E-state index is 0.0601. The van der Waals surface area contributed by atoms with Crippen molar-refractivity contribution in [2.24, 2.45) is 0 Å². The summed E-state index contributed by atoms with van der Waals surface area (Å²) in [6, 6.07) is 9.28. The summed E-state index contributed by atoms with van der Waals surface area (Å²) in [6.45, 7) is -0.328. The van der Waals surface area contributed by atoms with Crippen molar-refractivity contribution in [2.75, 3.05) is 6.54 Å². The summed E-state index contributed by atoms with van der Waals surface area (Å²) in [5, 5.41) is 2.76. The average molecular weight is 544 g/mol. The SMILES string of the molecule is O=C(NC(c1ccccc1)c1ccc(C2CC(F)(F)C2)c(F)n1)C1CC(F)CN1C(=O)Cc1ncc[nH]c1=O. The number of carbonyl (C=O) groups excluding carboxylic acids is 2. The third-order valence-electron chi connectivity index (χ3n) is 7.12. The van der Waals surface area contributed by atoms with Crippen LogP contribution in [-0.2, 0) is 16.0 Å². The maximum absolute atomic E-state index is 14.9. The summed E-state index contributed by atoms with van der Waals surface area (Å²) in [5.41, 5.74) is 0.132. The normalized spacial score (nSPS) is 21.3. The Bertz CT molecular complexity index is 1430. The van der Waals surface area contributed by atoms with Gasteiger partial charge in [-0.15, -0.1) is 0 Å². The van der Waals surface area contributed by atoms with Gasteiger partial charge in [0.1, 0.15) is 17.9 Å². The predicted octanol–water partition coefficient (Wildman–Crippen LogP) is 3.20. The van der Waals surface area contributed by atoms with Crippen molar-refractivity contribution in [3.63, 3.8) is 0 Å². The summed E-state index contributed by atoms with van der Waals surface area (Å²) in [7, 11) is 0. The topological polar surface area (TPSA) is 108 Å². The van der Waals surface area contributed by atoms with Crippen LogP contribution >= 0.6 is 0 Å². The molecule has 2 aliphatic rings. The molecule has 8 nitrogen and oxygen atoms in total. The average Bonchev–Trinajstić information content (AvgIpc) is 3.29. The molecule has 2 aromatic heterocycles. The van der Waals surface area contributed by atoms with Gasteiger partial charge in [0.2, 0.25) is 23.7 Å². The van der Waals surface area contributed by atoms with E-state index >= 15 is 0 Å². The van der Waals surface area contributed by atoms with Crippen molar-refractivity contribution in [3.8, 4) is 0 Å². The van der Waals surface area contributed by atoms with Gasteiger partial charge in [0, 0.05) is 37.2 Å². The molecule has 1 aliphatic heterocycles. The number of amides is 2. The molecular formula is C27H25F4N5O3. The lowest BCUT2D eigenvalue weighted by Gasteiger charge is -2.35. The molecule has 3 atom stereocenters. The number of nitrogens with zero attached hydrogens (tertiary/aromatic N) is 3. The molecule has 2 N–H and O–H groups in total. The van der Waals surface area contributed by atoms with E-state index in [0.717, 1.165) is 4.90 Å². The zero-order chi connectivity index (χ0) is 27.7. The fraction of sp³-hybridized carbons (Fsp3) is 0.370. The maximum atomic E-state index is 14.9. The van der Waals surface area contributed by atoms with Crippen LogP contribution in [0.1, 0.15) is 53.7 Å². The highest BCUT2D eigenvalue weighted by Crippen LogP contribution is 2.48. The van der Waals surface area contributed by atoms with E-state index in [0.29, 0.717) is 5.56 Å². The van der Waals surface area contributed by atoms with Crippen LogP contribution in [0.2, 0.25) is 0 Å². The van der Waals surface area contributed by atoms with Gasteiger partial charge in [0.15, 0.2) is 0 Å². The Hall–Kier alpha value is -4.09. The largest absolute Gasteiger partial charge is 0.342 e. The number of benzene rings is 1. The number of hydrogen-bond acceptors (Lipinski definition) is 5. The second kappa shape index (κ2) is 10.6. The number of aromatic amines is 1. The van der Waals surface area contributed by atoms with E-state index in [1.807, 2.05) is 0 Å². The summed E-state index contributed by atoms with van der Waals surface area (Å²) >= 11 is 0. The van der Waals surface area contributed by atoms with E-state index < -0.39 is 72.7 Å². The van der Waals surface area contributed by atoms with Gasteiger partial charge in [0.25, 0.3) is 5.56 Å². The van der Waals surface area contributed by atoms with Gasteiger partial charge in [-0.05, 0) is 17.5 Å². The molecule has 3 unspecified atom stereocenters. The lowest BCUT2D eigenvalue weighted by Crippen LogP contribution is -2.48. The molecule has 12 heteroatoms. The van der Waals surface area contributed by atoms with E-state index in [4.69, 9.17) is 0 Å². The van der Waals surface area contributed by atoms with Crippen molar-refractivity contribution in [3.05, 3.63) is 93.7 Å². The number of likely N-dealkylation sites (tertiary alicyclic amines) is 1. The van der Waals surface area contributed by atoms with E-state index in [2.05, 4.69) is 20.3 Å². The van der Waals surface area contributed by atoms with Crippen molar-refractivity contribution in [2.45, 2.75) is 55.8 Å². The summed E-state index contributed by atoms with van der Waals surface area (Å²) in [4.78, 5) is 49.7. The number of aromatic nitrogens is 3. The highest BCUT2D eigenvalue weighted by atomic mass is 19.3. The number of carbonyl (C=O) groups is 2. The molecule has 39 heavy (non-hydrogen) atoms. The first-order valence-electron chi connectivity index (χ1n) is 12.5. The first-order chi connectivity index (χ1) is 18.6. The van der Waals surface area contributed by atoms with Crippen molar-refractivity contribution < 1.29 is 27.2 Å². The quantitative estimate of drug-likeness (QED) is 0.352. The highest BCUT2D eigenvalue weighted by Gasteiger charge is 2.47. The monoisotopic (exact) mass is 543 g/mol. The Morgan fingerprint density at radius 2 is 1.90 bits per heavy atom. The minimum atomic E-state index is -2.82. The standard InChI is InChI=1S/C27H25F4N5O3/c28-17-10-21(36(14-17)22(37)11-20-25(38)33-9-8-32-20)26(39)35-23(15-4-2-1-3-5-15)19-7-6-18(24(29)34-19)16-12-27(30,31)13-16/h1-9,16-17,21,23H,10-14H2,(H,33,38)(H,35,39). The molecule has 1 saturated carbocycles. The number of halogens is 4. The van der Waals surface area contributed by atoms with E-state index in [9.17, 15) is 31.9 Å². The molecule has 0 radical (unpaired) electrons. The van der Waals surface area contributed by atoms with Crippen LogP contribution in [0.4, 0.5) is 17.6 Å². The smallest absolute Gasteiger partial charge is 0.270 e. The van der Waals surface area contributed by atoms with E-state index in [1.165, 1.54) is 24.5 Å². The molecular weight excluding hydrogens is 518 g/mol. The fourth-order valence-corrected chi connectivity index (χ4v) is 5.08. The molecule has 2 fully saturated rings. The zero-order valence-electron chi connectivity index (χ0n) is 20.6. The number of rotatable bonds is 7. The van der Waals surface area contributed by atoms with Crippen LogP contribution in [0.15, 0.2) is 59.7 Å². The van der Waals surface area contributed by atoms with Crippen molar-refractivity contribution >= 4 is 11.8 Å². The zero-order valence-corrected chi connectivity index (χ0v) is 20.6. The van der Waals surface area contributed by atoms with Crippen LogP contribution in [0, 0.1) is 5.95 Å².